The highest BCUT2D eigenvalue weighted by Crippen LogP contribution is 2.14. The summed E-state index contributed by atoms with van der Waals surface area (Å²) in [6.45, 7) is 11.6. The van der Waals surface area contributed by atoms with E-state index in [1.54, 1.807) is 0 Å². The van der Waals surface area contributed by atoms with Crippen molar-refractivity contribution in [2.45, 2.75) is 53.2 Å². The number of nitrogens with zero attached hydrogens (tertiary/aromatic N) is 1. The Labute approximate surface area is 98.0 Å². The number of ether oxygens (including phenoxy) is 1. The molecule has 1 amide bonds. The topological polar surface area (TPSA) is 46.6 Å². The maximum Gasteiger partial charge on any atom is 0.410 e. The Morgan fingerprint density at radius 2 is 1.88 bits per heavy atom. The van der Waals surface area contributed by atoms with Crippen molar-refractivity contribution >= 4 is 12.4 Å². The van der Waals surface area contributed by atoms with Crippen molar-refractivity contribution in [3.8, 4) is 0 Å². The molecule has 0 spiro atoms. The number of hydrogen-bond donors (Lipinski definition) is 0. The number of amides is 1. The van der Waals surface area contributed by atoms with Crippen LogP contribution >= 0.6 is 0 Å². The second-order valence-corrected chi connectivity index (χ2v) is 5.14. The summed E-state index contributed by atoms with van der Waals surface area (Å²) in [6, 6.07) is -0.417. The first-order valence-electron chi connectivity index (χ1n) is 5.67. The summed E-state index contributed by atoms with van der Waals surface area (Å²) in [4.78, 5) is 24.3. The zero-order chi connectivity index (χ0) is 12.9. The van der Waals surface area contributed by atoms with Crippen LogP contribution in [0.4, 0.5) is 4.79 Å². The SMILES string of the molecule is CCN(C(=O)OC(C)(C)C)C(C=O)C(C)C. The molecule has 1 unspecified atom stereocenters. The highest BCUT2D eigenvalue weighted by molar-refractivity contribution is 5.73. The molecule has 0 saturated carbocycles. The number of carbonyl (C=O) groups is 2. The first-order chi connectivity index (χ1) is 7.22. The van der Waals surface area contributed by atoms with Crippen molar-refractivity contribution in [3.63, 3.8) is 0 Å². The highest BCUT2D eigenvalue weighted by Gasteiger charge is 2.28. The van der Waals surface area contributed by atoms with Gasteiger partial charge in [-0.3, -0.25) is 4.90 Å². The van der Waals surface area contributed by atoms with Crippen molar-refractivity contribution in [1.29, 1.82) is 0 Å². The van der Waals surface area contributed by atoms with Crippen LogP contribution in [0.1, 0.15) is 41.5 Å². The third-order valence-corrected chi connectivity index (χ3v) is 2.15. The van der Waals surface area contributed by atoms with E-state index < -0.39 is 17.7 Å². The Hall–Kier alpha value is -1.06. The van der Waals surface area contributed by atoms with E-state index >= 15 is 0 Å². The summed E-state index contributed by atoms with van der Waals surface area (Å²) in [6.07, 6.45) is 0.374. The molecule has 0 aromatic rings. The molecular formula is C12H23NO3. The summed E-state index contributed by atoms with van der Waals surface area (Å²) in [5.41, 5.74) is -0.533. The van der Waals surface area contributed by atoms with E-state index in [9.17, 15) is 9.59 Å². The number of likely N-dealkylation sites (N-methyl/N-ethyl adjacent to an activating group) is 1. The predicted molar refractivity (Wildman–Crippen MR) is 63.3 cm³/mol. The molecule has 0 fully saturated rings. The first kappa shape index (κ1) is 14.9. The van der Waals surface area contributed by atoms with Crippen LogP contribution in [0.2, 0.25) is 0 Å². The van der Waals surface area contributed by atoms with Crippen molar-refractivity contribution in [2.24, 2.45) is 5.92 Å². The Morgan fingerprint density at radius 1 is 1.38 bits per heavy atom. The molecule has 0 radical (unpaired) electrons. The lowest BCUT2D eigenvalue weighted by Crippen LogP contribution is -2.46. The normalized spacial score (nSPS) is 13.4. The lowest BCUT2D eigenvalue weighted by Gasteiger charge is -2.31. The van der Waals surface area contributed by atoms with Gasteiger partial charge in [-0.05, 0) is 33.6 Å². The molecule has 0 bridgehead atoms. The molecular weight excluding hydrogens is 206 g/mol. The minimum Gasteiger partial charge on any atom is -0.444 e. The van der Waals surface area contributed by atoms with E-state index in [0.717, 1.165) is 6.29 Å². The van der Waals surface area contributed by atoms with Gasteiger partial charge in [-0.1, -0.05) is 13.8 Å². The zero-order valence-corrected chi connectivity index (χ0v) is 11.1. The van der Waals surface area contributed by atoms with Crippen LogP contribution in [0, 0.1) is 5.92 Å². The zero-order valence-electron chi connectivity index (χ0n) is 11.1. The maximum atomic E-state index is 11.8. The van der Waals surface area contributed by atoms with Gasteiger partial charge >= 0.3 is 6.09 Å². The number of hydrogen-bond acceptors (Lipinski definition) is 3. The van der Waals surface area contributed by atoms with Crippen LogP contribution in [0.3, 0.4) is 0 Å². The van der Waals surface area contributed by atoms with E-state index in [1.807, 2.05) is 41.5 Å². The Bertz CT molecular complexity index is 243. The lowest BCUT2D eigenvalue weighted by atomic mass is 10.0. The van der Waals surface area contributed by atoms with E-state index in [0.29, 0.717) is 6.54 Å². The van der Waals surface area contributed by atoms with Gasteiger partial charge in [-0.25, -0.2) is 4.79 Å². The predicted octanol–water partition coefficient (Wildman–Crippen LogP) is 2.47. The van der Waals surface area contributed by atoms with Gasteiger partial charge in [-0.15, -0.1) is 0 Å². The first-order valence-corrected chi connectivity index (χ1v) is 5.67. The fourth-order valence-electron chi connectivity index (χ4n) is 1.37. The number of rotatable bonds is 4. The molecule has 94 valence electrons. The monoisotopic (exact) mass is 229 g/mol. The fourth-order valence-corrected chi connectivity index (χ4v) is 1.37. The Balaban J connectivity index is 4.71. The minimum absolute atomic E-state index is 0.0879. The van der Waals surface area contributed by atoms with Gasteiger partial charge in [0.15, 0.2) is 0 Å². The van der Waals surface area contributed by atoms with Gasteiger partial charge in [0.1, 0.15) is 11.9 Å². The average Bonchev–Trinajstić information content (AvgIpc) is 2.09. The van der Waals surface area contributed by atoms with E-state index in [-0.39, 0.29) is 5.92 Å². The van der Waals surface area contributed by atoms with Gasteiger partial charge < -0.3 is 9.53 Å². The molecule has 4 nitrogen and oxygen atoms in total. The van der Waals surface area contributed by atoms with Gasteiger partial charge in [0.25, 0.3) is 0 Å². The minimum atomic E-state index is -0.533. The molecule has 16 heavy (non-hydrogen) atoms. The molecule has 0 aliphatic rings. The molecule has 0 rings (SSSR count). The quantitative estimate of drug-likeness (QED) is 0.696. The van der Waals surface area contributed by atoms with Gasteiger partial charge in [0, 0.05) is 6.54 Å². The Morgan fingerprint density at radius 3 is 2.12 bits per heavy atom. The van der Waals surface area contributed by atoms with E-state index in [4.69, 9.17) is 4.74 Å². The second-order valence-electron chi connectivity index (χ2n) is 5.14. The van der Waals surface area contributed by atoms with E-state index in [1.165, 1.54) is 4.90 Å². The molecule has 0 aromatic carbocycles. The summed E-state index contributed by atoms with van der Waals surface area (Å²) >= 11 is 0. The third kappa shape index (κ3) is 4.64. The Kier molecular flexibility index (Phi) is 5.48. The smallest absolute Gasteiger partial charge is 0.410 e. The fraction of sp³-hybridized carbons (Fsp3) is 0.833. The molecule has 0 heterocycles. The van der Waals surface area contributed by atoms with Crippen LogP contribution in [0.15, 0.2) is 0 Å². The summed E-state index contributed by atoms with van der Waals surface area (Å²) in [7, 11) is 0. The molecule has 0 N–H and O–H groups in total. The molecule has 0 saturated heterocycles. The average molecular weight is 229 g/mol. The third-order valence-electron chi connectivity index (χ3n) is 2.15. The van der Waals surface area contributed by atoms with Gasteiger partial charge in [-0.2, -0.15) is 0 Å². The molecule has 4 heteroatoms. The maximum absolute atomic E-state index is 11.8. The van der Waals surface area contributed by atoms with Crippen molar-refractivity contribution < 1.29 is 14.3 Å². The van der Waals surface area contributed by atoms with Crippen molar-refractivity contribution in [2.75, 3.05) is 6.54 Å². The second kappa shape index (κ2) is 5.87. The van der Waals surface area contributed by atoms with Crippen LogP contribution in [-0.4, -0.2) is 35.5 Å². The number of aldehydes is 1. The van der Waals surface area contributed by atoms with Crippen LogP contribution in [0.5, 0.6) is 0 Å². The van der Waals surface area contributed by atoms with Crippen LogP contribution in [-0.2, 0) is 9.53 Å². The molecule has 0 aliphatic carbocycles. The van der Waals surface area contributed by atoms with Crippen LogP contribution in [0.25, 0.3) is 0 Å². The van der Waals surface area contributed by atoms with Crippen molar-refractivity contribution in [3.05, 3.63) is 0 Å². The van der Waals surface area contributed by atoms with Gasteiger partial charge in [0.05, 0.1) is 6.04 Å². The number of carbonyl (C=O) groups excluding carboxylic acids is 2. The summed E-state index contributed by atoms with van der Waals surface area (Å²) in [5, 5.41) is 0. The van der Waals surface area contributed by atoms with Crippen molar-refractivity contribution in [1.82, 2.24) is 4.90 Å². The lowest BCUT2D eigenvalue weighted by molar-refractivity contribution is -0.113. The summed E-state index contributed by atoms with van der Waals surface area (Å²) < 4.78 is 5.25. The van der Waals surface area contributed by atoms with E-state index in [2.05, 4.69) is 0 Å². The largest absolute Gasteiger partial charge is 0.444 e. The van der Waals surface area contributed by atoms with Gasteiger partial charge in [0.2, 0.25) is 0 Å². The molecule has 0 aliphatic heterocycles. The summed E-state index contributed by atoms with van der Waals surface area (Å²) in [5.74, 6) is 0.0879. The molecule has 1 atom stereocenters. The highest BCUT2D eigenvalue weighted by atomic mass is 16.6. The van der Waals surface area contributed by atoms with Crippen LogP contribution < -0.4 is 0 Å². The standard InChI is InChI=1S/C12H23NO3/c1-7-13(10(8-14)9(2)3)11(15)16-12(4,5)6/h8-10H,7H2,1-6H3. The molecule has 0 aromatic heterocycles.